The molecule has 0 heterocycles. The molecule has 0 bridgehead atoms. The summed E-state index contributed by atoms with van der Waals surface area (Å²) in [5, 5.41) is 3.47. The van der Waals surface area contributed by atoms with Gasteiger partial charge in [0.05, 0.1) is 6.61 Å². The van der Waals surface area contributed by atoms with E-state index in [4.69, 9.17) is 16.3 Å². The number of halogens is 1. The van der Waals surface area contributed by atoms with Crippen molar-refractivity contribution >= 4 is 35.0 Å². The van der Waals surface area contributed by atoms with Crippen LogP contribution in [0.5, 0.6) is 5.75 Å². The van der Waals surface area contributed by atoms with Crippen LogP contribution in [-0.2, 0) is 4.79 Å². The van der Waals surface area contributed by atoms with E-state index in [0.29, 0.717) is 11.6 Å². The number of carbonyl (C=O) groups is 1. The first kappa shape index (κ1) is 16.7. The molecule has 0 radical (unpaired) electrons. The molecule has 2 aromatic rings. The smallest absolute Gasteiger partial charge is 0.221 e. The molecule has 5 heteroatoms. The lowest BCUT2D eigenvalue weighted by atomic mass is 10.3. The number of anilines is 1. The Kier molecular flexibility index (Phi) is 6.62. The molecule has 0 aliphatic heterocycles. The SMILES string of the molecule is CC(=O)Nc1ccc(SCCCOc2ccc(Cl)cc2)cc1. The summed E-state index contributed by atoms with van der Waals surface area (Å²) in [5.41, 5.74) is 0.822. The second-order valence-corrected chi connectivity index (χ2v) is 6.31. The molecule has 116 valence electrons. The molecule has 2 aromatic carbocycles. The molecule has 0 saturated carbocycles. The van der Waals surface area contributed by atoms with E-state index in [1.165, 1.54) is 11.8 Å². The van der Waals surface area contributed by atoms with Crippen LogP contribution in [0.1, 0.15) is 13.3 Å². The maximum Gasteiger partial charge on any atom is 0.221 e. The topological polar surface area (TPSA) is 38.3 Å². The van der Waals surface area contributed by atoms with Gasteiger partial charge in [0.15, 0.2) is 0 Å². The van der Waals surface area contributed by atoms with E-state index in [0.717, 1.165) is 23.6 Å². The Bertz CT molecular complexity index is 599. The van der Waals surface area contributed by atoms with E-state index in [2.05, 4.69) is 5.32 Å². The van der Waals surface area contributed by atoms with Crippen LogP contribution in [0.25, 0.3) is 0 Å². The van der Waals surface area contributed by atoms with Gasteiger partial charge in [0.2, 0.25) is 5.91 Å². The van der Waals surface area contributed by atoms with Crippen molar-refractivity contribution in [1.29, 1.82) is 0 Å². The van der Waals surface area contributed by atoms with Crippen LogP contribution < -0.4 is 10.1 Å². The fourth-order valence-electron chi connectivity index (χ4n) is 1.81. The van der Waals surface area contributed by atoms with Crippen LogP contribution in [0.4, 0.5) is 5.69 Å². The molecule has 0 unspecified atom stereocenters. The number of ether oxygens (including phenoxy) is 1. The molecule has 3 nitrogen and oxygen atoms in total. The largest absolute Gasteiger partial charge is 0.494 e. The second kappa shape index (κ2) is 8.71. The summed E-state index contributed by atoms with van der Waals surface area (Å²) in [6.45, 7) is 2.18. The van der Waals surface area contributed by atoms with Crippen molar-refractivity contribution in [2.24, 2.45) is 0 Å². The predicted molar refractivity (Wildman–Crippen MR) is 93.0 cm³/mol. The molecule has 0 aliphatic rings. The minimum Gasteiger partial charge on any atom is -0.494 e. The molecule has 0 aromatic heterocycles. The zero-order valence-corrected chi connectivity index (χ0v) is 13.9. The van der Waals surface area contributed by atoms with Crippen LogP contribution in [0.3, 0.4) is 0 Å². The normalized spacial score (nSPS) is 10.3. The predicted octanol–water partition coefficient (Wildman–Crippen LogP) is 4.86. The highest BCUT2D eigenvalue weighted by Crippen LogP contribution is 2.21. The average molecular weight is 336 g/mol. The Morgan fingerprint density at radius 3 is 2.45 bits per heavy atom. The molecule has 2 rings (SSSR count). The number of hydrogen-bond donors (Lipinski definition) is 1. The van der Waals surface area contributed by atoms with E-state index in [1.54, 1.807) is 11.8 Å². The highest BCUT2D eigenvalue weighted by atomic mass is 35.5. The van der Waals surface area contributed by atoms with Crippen LogP contribution in [0.2, 0.25) is 5.02 Å². The van der Waals surface area contributed by atoms with Crippen molar-refractivity contribution in [2.45, 2.75) is 18.2 Å². The lowest BCUT2D eigenvalue weighted by Crippen LogP contribution is -2.05. The Hall–Kier alpha value is -1.65. The van der Waals surface area contributed by atoms with Crippen LogP contribution in [-0.4, -0.2) is 18.3 Å². The monoisotopic (exact) mass is 335 g/mol. The number of carbonyl (C=O) groups excluding carboxylic acids is 1. The van der Waals surface area contributed by atoms with Crippen molar-refractivity contribution in [2.75, 3.05) is 17.7 Å². The highest BCUT2D eigenvalue weighted by Gasteiger charge is 1.98. The Labute approximate surface area is 140 Å². The summed E-state index contributed by atoms with van der Waals surface area (Å²) < 4.78 is 5.64. The minimum atomic E-state index is -0.0558. The fraction of sp³-hybridized carbons (Fsp3) is 0.235. The number of hydrogen-bond acceptors (Lipinski definition) is 3. The highest BCUT2D eigenvalue weighted by molar-refractivity contribution is 7.99. The summed E-state index contributed by atoms with van der Waals surface area (Å²) in [4.78, 5) is 12.1. The third-order valence-electron chi connectivity index (χ3n) is 2.81. The number of benzene rings is 2. The fourth-order valence-corrected chi connectivity index (χ4v) is 2.76. The van der Waals surface area contributed by atoms with Gasteiger partial charge in [-0.2, -0.15) is 0 Å². The molecule has 1 amide bonds. The lowest BCUT2D eigenvalue weighted by molar-refractivity contribution is -0.114. The van der Waals surface area contributed by atoms with Gasteiger partial charge in [-0.25, -0.2) is 0 Å². The van der Waals surface area contributed by atoms with E-state index in [9.17, 15) is 4.79 Å². The van der Waals surface area contributed by atoms with Gasteiger partial charge in [-0.1, -0.05) is 11.6 Å². The van der Waals surface area contributed by atoms with Gasteiger partial charge in [0, 0.05) is 28.3 Å². The summed E-state index contributed by atoms with van der Waals surface area (Å²) >= 11 is 7.59. The molecular formula is C17H18ClNO2S. The molecular weight excluding hydrogens is 318 g/mol. The Balaban J connectivity index is 1.66. The van der Waals surface area contributed by atoms with E-state index >= 15 is 0 Å². The van der Waals surface area contributed by atoms with Gasteiger partial charge in [-0.15, -0.1) is 11.8 Å². The Morgan fingerprint density at radius 2 is 1.82 bits per heavy atom. The number of nitrogens with one attached hydrogen (secondary N) is 1. The van der Waals surface area contributed by atoms with Gasteiger partial charge < -0.3 is 10.1 Å². The maximum atomic E-state index is 10.9. The van der Waals surface area contributed by atoms with Crippen molar-refractivity contribution in [1.82, 2.24) is 0 Å². The number of rotatable bonds is 7. The first-order valence-corrected chi connectivity index (χ1v) is 8.39. The van der Waals surface area contributed by atoms with E-state index in [-0.39, 0.29) is 5.91 Å². The quantitative estimate of drug-likeness (QED) is 0.580. The zero-order chi connectivity index (χ0) is 15.8. The molecule has 22 heavy (non-hydrogen) atoms. The standard InChI is InChI=1S/C17H18ClNO2S/c1-13(20)19-15-5-9-17(10-6-15)22-12-2-11-21-16-7-3-14(18)4-8-16/h3-10H,2,11-12H2,1H3,(H,19,20). The second-order valence-electron chi connectivity index (χ2n) is 4.71. The molecule has 0 atom stereocenters. The van der Waals surface area contributed by atoms with E-state index in [1.807, 2.05) is 48.5 Å². The summed E-state index contributed by atoms with van der Waals surface area (Å²) in [7, 11) is 0. The Morgan fingerprint density at radius 1 is 1.14 bits per heavy atom. The van der Waals surface area contributed by atoms with E-state index < -0.39 is 0 Å². The third kappa shape index (κ3) is 6.00. The third-order valence-corrected chi connectivity index (χ3v) is 4.16. The van der Waals surface area contributed by atoms with Crippen molar-refractivity contribution < 1.29 is 9.53 Å². The van der Waals surface area contributed by atoms with Gasteiger partial charge in [0.25, 0.3) is 0 Å². The maximum absolute atomic E-state index is 10.9. The zero-order valence-electron chi connectivity index (χ0n) is 12.3. The van der Waals surface area contributed by atoms with Gasteiger partial charge in [-0.3, -0.25) is 4.79 Å². The molecule has 0 spiro atoms. The van der Waals surface area contributed by atoms with Gasteiger partial charge in [0.1, 0.15) is 5.75 Å². The minimum absolute atomic E-state index is 0.0558. The van der Waals surface area contributed by atoms with Crippen molar-refractivity contribution in [3.8, 4) is 5.75 Å². The number of amides is 1. The number of thioether (sulfide) groups is 1. The van der Waals surface area contributed by atoms with Crippen LogP contribution in [0, 0.1) is 0 Å². The summed E-state index contributed by atoms with van der Waals surface area (Å²) in [6, 6.07) is 15.2. The van der Waals surface area contributed by atoms with Gasteiger partial charge in [-0.05, 0) is 55.0 Å². The summed E-state index contributed by atoms with van der Waals surface area (Å²) in [6.07, 6.45) is 0.959. The van der Waals surface area contributed by atoms with Crippen molar-refractivity contribution in [3.63, 3.8) is 0 Å². The summed E-state index contributed by atoms with van der Waals surface area (Å²) in [5.74, 6) is 1.77. The van der Waals surface area contributed by atoms with Crippen LogP contribution in [0.15, 0.2) is 53.4 Å². The molecule has 0 saturated heterocycles. The lowest BCUT2D eigenvalue weighted by Gasteiger charge is -2.07. The van der Waals surface area contributed by atoms with Crippen LogP contribution >= 0.6 is 23.4 Å². The molecule has 0 aliphatic carbocycles. The molecule has 0 fully saturated rings. The first-order valence-electron chi connectivity index (χ1n) is 7.02. The van der Waals surface area contributed by atoms with Crippen molar-refractivity contribution in [3.05, 3.63) is 53.6 Å². The average Bonchev–Trinajstić information content (AvgIpc) is 2.50. The van der Waals surface area contributed by atoms with Gasteiger partial charge >= 0.3 is 0 Å². The first-order chi connectivity index (χ1) is 10.6. The molecule has 1 N–H and O–H groups in total.